The average molecular weight is 350 g/mol. The summed E-state index contributed by atoms with van der Waals surface area (Å²) in [5.41, 5.74) is 11.2. The van der Waals surface area contributed by atoms with Gasteiger partial charge in [0.25, 0.3) is 11.5 Å². The van der Waals surface area contributed by atoms with Gasteiger partial charge in [-0.2, -0.15) is 4.99 Å². The molecule has 0 saturated carbocycles. The van der Waals surface area contributed by atoms with Crippen molar-refractivity contribution < 1.29 is 9.53 Å². The molecule has 7 nitrogen and oxygen atoms in total. The van der Waals surface area contributed by atoms with Crippen molar-refractivity contribution in [3.8, 4) is 11.4 Å². The van der Waals surface area contributed by atoms with Crippen LogP contribution >= 0.6 is 0 Å². The third-order valence-corrected chi connectivity index (χ3v) is 3.81. The van der Waals surface area contributed by atoms with Crippen molar-refractivity contribution in [3.05, 3.63) is 70.6 Å². The molecular weight excluding hydrogens is 332 g/mol. The number of benzene rings is 2. The molecule has 0 fully saturated rings. The van der Waals surface area contributed by atoms with Crippen LogP contribution in [0.1, 0.15) is 17.3 Å². The van der Waals surface area contributed by atoms with E-state index in [0.29, 0.717) is 28.8 Å². The third-order valence-electron chi connectivity index (χ3n) is 3.81. The van der Waals surface area contributed by atoms with Crippen LogP contribution in [0.4, 0.5) is 0 Å². The van der Waals surface area contributed by atoms with Gasteiger partial charge in [0, 0.05) is 22.7 Å². The van der Waals surface area contributed by atoms with Gasteiger partial charge in [0.1, 0.15) is 5.75 Å². The fraction of sp³-hybridized carbons (Fsp3) is 0.105. The molecule has 3 rings (SSSR count). The minimum Gasteiger partial charge on any atom is -0.494 e. The average Bonchev–Trinajstić information content (AvgIpc) is 2.63. The summed E-state index contributed by atoms with van der Waals surface area (Å²) in [6.45, 7) is 2.44. The van der Waals surface area contributed by atoms with Gasteiger partial charge in [-0.05, 0) is 37.3 Å². The van der Waals surface area contributed by atoms with E-state index >= 15 is 0 Å². The molecule has 0 saturated heterocycles. The second-order valence-corrected chi connectivity index (χ2v) is 5.53. The van der Waals surface area contributed by atoms with E-state index in [1.807, 2.05) is 6.92 Å². The second-order valence-electron chi connectivity index (χ2n) is 5.53. The lowest BCUT2D eigenvalue weighted by Crippen LogP contribution is -2.25. The maximum Gasteiger partial charge on any atom is 0.282 e. The molecule has 0 aliphatic carbocycles. The van der Waals surface area contributed by atoms with Gasteiger partial charge in [0.15, 0.2) is 5.96 Å². The van der Waals surface area contributed by atoms with Crippen molar-refractivity contribution in [3.63, 3.8) is 0 Å². The molecule has 26 heavy (non-hydrogen) atoms. The van der Waals surface area contributed by atoms with Crippen LogP contribution in [0.15, 0.2) is 64.5 Å². The predicted molar refractivity (Wildman–Crippen MR) is 101 cm³/mol. The van der Waals surface area contributed by atoms with Crippen molar-refractivity contribution in [1.82, 2.24) is 4.57 Å². The molecule has 0 atom stereocenters. The minimum absolute atomic E-state index is 0.238. The Hall–Kier alpha value is -3.61. The fourth-order valence-electron chi connectivity index (χ4n) is 2.70. The standard InChI is InChI=1S/C19H18N4O3/c1-2-26-13-9-7-12(8-10-13)23-11-16(17(24)22-19(20)21)14-5-3-4-6-15(14)18(23)25/h3-11H,2H2,1H3,(H4,20,21,22,24). The van der Waals surface area contributed by atoms with Gasteiger partial charge in [-0.25, -0.2) is 0 Å². The smallest absolute Gasteiger partial charge is 0.282 e. The summed E-state index contributed by atoms with van der Waals surface area (Å²) in [6, 6.07) is 13.8. The Morgan fingerprint density at radius 3 is 2.35 bits per heavy atom. The molecule has 0 radical (unpaired) electrons. The minimum atomic E-state index is -0.610. The van der Waals surface area contributed by atoms with E-state index in [0.717, 1.165) is 0 Å². The Bertz CT molecular complexity index is 1050. The van der Waals surface area contributed by atoms with Crippen LogP contribution in [0.5, 0.6) is 5.75 Å². The molecule has 0 aliphatic heterocycles. The predicted octanol–water partition coefficient (Wildman–Crippen LogP) is 1.80. The number of hydrogen-bond acceptors (Lipinski definition) is 3. The van der Waals surface area contributed by atoms with Crippen LogP contribution in [0.25, 0.3) is 16.5 Å². The molecule has 1 amide bonds. The van der Waals surface area contributed by atoms with Crippen LogP contribution < -0.4 is 21.8 Å². The topological polar surface area (TPSA) is 113 Å². The lowest BCUT2D eigenvalue weighted by molar-refractivity contribution is 0.100. The van der Waals surface area contributed by atoms with Gasteiger partial charge in [-0.15, -0.1) is 0 Å². The zero-order valence-electron chi connectivity index (χ0n) is 14.2. The number of hydrogen-bond donors (Lipinski definition) is 2. The molecule has 2 aromatic carbocycles. The normalized spacial score (nSPS) is 10.5. The van der Waals surface area contributed by atoms with E-state index in [4.69, 9.17) is 16.2 Å². The molecule has 132 valence electrons. The Labute approximate surface area is 149 Å². The van der Waals surface area contributed by atoms with Gasteiger partial charge in [0.2, 0.25) is 0 Å². The first kappa shape index (κ1) is 17.2. The largest absolute Gasteiger partial charge is 0.494 e. The van der Waals surface area contributed by atoms with E-state index in [1.54, 1.807) is 48.5 Å². The lowest BCUT2D eigenvalue weighted by atomic mass is 10.1. The summed E-state index contributed by atoms with van der Waals surface area (Å²) in [7, 11) is 0. The van der Waals surface area contributed by atoms with Crippen molar-refractivity contribution in [1.29, 1.82) is 0 Å². The molecule has 4 N–H and O–H groups in total. The number of rotatable bonds is 4. The van der Waals surface area contributed by atoms with E-state index in [9.17, 15) is 9.59 Å². The Balaban J connectivity index is 2.23. The van der Waals surface area contributed by atoms with E-state index in [1.165, 1.54) is 10.8 Å². The molecule has 1 aromatic heterocycles. The van der Waals surface area contributed by atoms with E-state index < -0.39 is 5.91 Å². The zero-order valence-corrected chi connectivity index (χ0v) is 14.2. The van der Waals surface area contributed by atoms with Gasteiger partial charge in [0.05, 0.1) is 12.2 Å². The zero-order chi connectivity index (χ0) is 18.7. The number of aliphatic imine (C=N–C) groups is 1. The van der Waals surface area contributed by atoms with Gasteiger partial charge < -0.3 is 16.2 Å². The summed E-state index contributed by atoms with van der Waals surface area (Å²) in [5, 5.41) is 0.896. The van der Waals surface area contributed by atoms with Crippen LogP contribution in [-0.4, -0.2) is 23.0 Å². The van der Waals surface area contributed by atoms with Gasteiger partial charge in [-0.1, -0.05) is 18.2 Å². The number of carbonyl (C=O) groups excluding carboxylic acids is 1. The maximum absolute atomic E-state index is 12.9. The van der Waals surface area contributed by atoms with Crippen LogP contribution in [0, 0.1) is 0 Å². The molecule has 0 aliphatic rings. The number of fused-ring (bicyclic) bond motifs is 1. The monoisotopic (exact) mass is 350 g/mol. The van der Waals surface area contributed by atoms with Gasteiger partial charge in [-0.3, -0.25) is 14.2 Å². The highest BCUT2D eigenvalue weighted by molar-refractivity contribution is 6.10. The molecule has 3 aromatic rings. The quantitative estimate of drug-likeness (QED) is 0.550. The number of pyridine rings is 1. The fourth-order valence-corrected chi connectivity index (χ4v) is 2.70. The van der Waals surface area contributed by atoms with E-state index in [-0.39, 0.29) is 17.1 Å². The van der Waals surface area contributed by atoms with Crippen LogP contribution in [0.3, 0.4) is 0 Å². The van der Waals surface area contributed by atoms with Crippen molar-refractivity contribution in [2.24, 2.45) is 16.5 Å². The lowest BCUT2D eigenvalue weighted by Gasteiger charge is -2.11. The summed E-state index contributed by atoms with van der Waals surface area (Å²) in [5.74, 6) is -0.249. The van der Waals surface area contributed by atoms with Gasteiger partial charge >= 0.3 is 0 Å². The summed E-state index contributed by atoms with van der Waals surface area (Å²) >= 11 is 0. The highest BCUT2D eigenvalue weighted by Gasteiger charge is 2.15. The number of carbonyl (C=O) groups is 1. The van der Waals surface area contributed by atoms with Crippen molar-refractivity contribution in [2.75, 3.05) is 6.61 Å². The highest BCUT2D eigenvalue weighted by Crippen LogP contribution is 2.20. The number of aromatic nitrogens is 1. The number of nitrogens with zero attached hydrogens (tertiary/aromatic N) is 2. The summed E-state index contributed by atoms with van der Waals surface area (Å²) < 4.78 is 6.81. The molecule has 0 bridgehead atoms. The molecule has 7 heteroatoms. The number of ether oxygens (including phenoxy) is 1. The summed E-state index contributed by atoms with van der Waals surface area (Å²) in [4.78, 5) is 28.9. The summed E-state index contributed by atoms with van der Waals surface area (Å²) in [6.07, 6.45) is 1.45. The van der Waals surface area contributed by atoms with Crippen molar-refractivity contribution in [2.45, 2.75) is 6.92 Å². The van der Waals surface area contributed by atoms with E-state index in [2.05, 4.69) is 4.99 Å². The first-order chi connectivity index (χ1) is 12.5. The molecular formula is C19H18N4O3. The second kappa shape index (κ2) is 7.10. The van der Waals surface area contributed by atoms with Crippen LogP contribution in [0.2, 0.25) is 0 Å². The Kier molecular flexibility index (Phi) is 4.70. The van der Waals surface area contributed by atoms with Crippen molar-refractivity contribution >= 4 is 22.6 Å². The first-order valence-electron chi connectivity index (χ1n) is 8.03. The molecule has 1 heterocycles. The van der Waals surface area contributed by atoms with Crippen LogP contribution in [-0.2, 0) is 0 Å². The number of amides is 1. The Morgan fingerprint density at radius 2 is 1.73 bits per heavy atom. The first-order valence-corrected chi connectivity index (χ1v) is 8.03. The SMILES string of the molecule is CCOc1ccc(-n2cc(C(=O)N=C(N)N)c3ccccc3c2=O)cc1. The number of guanidine groups is 1. The maximum atomic E-state index is 12.9. The highest BCUT2D eigenvalue weighted by atomic mass is 16.5. The third kappa shape index (κ3) is 3.27. The Morgan fingerprint density at radius 1 is 1.08 bits per heavy atom. The molecule has 0 spiro atoms. The molecule has 0 unspecified atom stereocenters. The number of nitrogens with two attached hydrogens (primary N) is 2.